The van der Waals surface area contributed by atoms with E-state index >= 15 is 0 Å². The molecule has 1 N–H and O–H groups in total. The number of ether oxygens (including phenoxy) is 1. The van der Waals surface area contributed by atoms with Gasteiger partial charge in [0.2, 0.25) is 0 Å². The Bertz CT molecular complexity index is 360. The Hall–Kier alpha value is -0.540. The monoisotopic (exact) mass is 313 g/mol. The average molecular weight is 314 g/mol. The van der Waals surface area contributed by atoms with Crippen LogP contribution >= 0.6 is 15.9 Å². The van der Waals surface area contributed by atoms with Crippen molar-refractivity contribution >= 4 is 15.9 Å². The van der Waals surface area contributed by atoms with Crippen LogP contribution in [0.4, 0.5) is 0 Å². The summed E-state index contributed by atoms with van der Waals surface area (Å²) in [5.74, 6) is 0.925. The van der Waals surface area contributed by atoms with Crippen LogP contribution in [0.2, 0.25) is 0 Å². The van der Waals surface area contributed by atoms with E-state index in [1.165, 1.54) is 0 Å². The van der Waals surface area contributed by atoms with Gasteiger partial charge in [0, 0.05) is 5.54 Å². The Morgan fingerprint density at radius 1 is 1.28 bits per heavy atom. The molecule has 0 fully saturated rings. The number of hydrogen-bond donors (Lipinski definition) is 1. The van der Waals surface area contributed by atoms with E-state index in [9.17, 15) is 0 Å². The number of halogens is 1. The Kier molecular flexibility index (Phi) is 6.16. The maximum absolute atomic E-state index is 5.90. The molecule has 0 spiro atoms. The third-order valence-corrected chi connectivity index (χ3v) is 3.26. The van der Waals surface area contributed by atoms with E-state index in [0.717, 1.165) is 29.6 Å². The first-order valence-electron chi connectivity index (χ1n) is 6.55. The predicted molar refractivity (Wildman–Crippen MR) is 81.2 cm³/mol. The van der Waals surface area contributed by atoms with Crippen molar-refractivity contribution in [1.29, 1.82) is 0 Å². The Morgan fingerprint density at radius 2 is 1.94 bits per heavy atom. The molecular weight excluding hydrogens is 290 g/mol. The van der Waals surface area contributed by atoms with Crippen molar-refractivity contribution in [1.82, 2.24) is 5.32 Å². The van der Waals surface area contributed by atoms with Crippen LogP contribution in [-0.4, -0.2) is 18.2 Å². The van der Waals surface area contributed by atoms with Gasteiger partial charge in [0.05, 0.1) is 10.6 Å². The number of hydrogen-bond acceptors (Lipinski definition) is 2. The van der Waals surface area contributed by atoms with Crippen molar-refractivity contribution in [2.24, 2.45) is 0 Å². The highest BCUT2D eigenvalue weighted by atomic mass is 79.9. The topological polar surface area (TPSA) is 21.3 Å². The van der Waals surface area contributed by atoms with Gasteiger partial charge in [0.25, 0.3) is 0 Å². The molecule has 1 atom stereocenters. The summed E-state index contributed by atoms with van der Waals surface area (Å²) >= 11 is 3.50. The van der Waals surface area contributed by atoms with Gasteiger partial charge in [-0.2, -0.15) is 0 Å². The molecule has 1 aromatic carbocycles. The van der Waals surface area contributed by atoms with Crippen molar-refractivity contribution < 1.29 is 4.74 Å². The highest BCUT2D eigenvalue weighted by Gasteiger charge is 2.09. The molecule has 0 saturated heterocycles. The average Bonchev–Trinajstić information content (AvgIpc) is 2.26. The van der Waals surface area contributed by atoms with Gasteiger partial charge >= 0.3 is 0 Å². The van der Waals surface area contributed by atoms with Crippen molar-refractivity contribution in [3.05, 3.63) is 28.7 Å². The summed E-state index contributed by atoms with van der Waals surface area (Å²) in [4.78, 5) is 0. The molecule has 0 heterocycles. The second-order valence-electron chi connectivity index (χ2n) is 5.68. The maximum Gasteiger partial charge on any atom is 0.133 e. The molecule has 102 valence electrons. The summed E-state index contributed by atoms with van der Waals surface area (Å²) in [6.07, 6.45) is 2.43. The molecule has 0 amide bonds. The number of benzene rings is 1. The van der Waals surface area contributed by atoms with Crippen LogP contribution in [0.25, 0.3) is 0 Å². The first-order chi connectivity index (χ1) is 8.38. The van der Waals surface area contributed by atoms with Crippen LogP contribution in [0.3, 0.4) is 0 Å². The summed E-state index contributed by atoms with van der Waals surface area (Å²) in [6.45, 7) is 9.72. The summed E-state index contributed by atoms with van der Waals surface area (Å²) in [5.41, 5.74) is 0.201. The van der Waals surface area contributed by atoms with Crippen LogP contribution in [0.5, 0.6) is 5.75 Å². The summed E-state index contributed by atoms with van der Waals surface area (Å²) < 4.78 is 6.92. The maximum atomic E-state index is 5.90. The lowest BCUT2D eigenvalue weighted by molar-refractivity contribution is 0.204. The van der Waals surface area contributed by atoms with E-state index in [1.54, 1.807) is 0 Å². The van der Waals surface area contributed by atoms with E-state index in [-0.39, 0.29) is 11.6 Å². The number of nitrogens with one attached hydrogen (secondary N) is 1. The quantitative estimate of drug-likeness (QED) is 0.787. The molecule has 0 radical (unpaired) electrons. The molecule has 3 heteroatoms. The Balaban J connectivity index is 2.26. The zero-order valence-electron chi connectivity index (χ0n) is 11.8. The van der Waals surface area contributed by atoms with Gasteiger partial charge in [0.15, 0.2) is 0 Å². The molecule has 1 unspecified atom stereocenters. The fourth-order valence-electron chi connectivity index (χ4n) is 1.67. The van der Waals surface area contributed by atoms with Gasteiger partial charge in [-0.15, -0.1) is 0 Å². The second-order valence-corrected chi connectivity index (χ2v) is 6.53. The first kappa shape index (κ1) is 15.5. The lowest BCUT2D eigenvalue weighted by Crippen LogP contribution is -2.36. The predicted octanol–water partition coefficient (Wildman–Crippen LogP) is 4.38. The van der Waals surface area contributed by atoms with Crippen LogP contribution in [-0.2, 0) is 0 Å². The number of para-hydroxylation sites is 1. The van der Waals surface area contributed by atoms with Gasteiger partial charge < -0.3 is 10.1 Å². The fourth-order valence-corrected chi connectivity index (χ4v) is 2.05. The second kappa shape index (κ2) is 7.15. The molecule has 0 bridgehead atoms. The molecule has 1 aromatic rings. The summed E-state index contributed by atoms with van der Waals surface area (Å²) in [7, 11) is 0. The van der Waals surface area contributed by atoms with Crippen LogP contribution in [0, 0.1) is 0 Å². The van der Waals surface area contributed by atoms with E-state index in [0.29, 0.717) is 0 Å². The first-order valence-corrected chi connectivity index (χ1v) is 7.34. The molecular formula is C15H24BrNO. The summed E-state index contributed by atoms with van der Waals surface area (Å²) in [6, 6.07) is 7.99. The van der Waals surface area contributed by atoms with Gasteiger partial charge in [-0.05, 0) is 75.1 Å². The third kappa shape index (κ3) is 6.41. The van der Waals surface area contributed by atoms with Crippen molar-refractivity contribution in [2.45, 2.75) is 52.2 Å². The SMILES string of the molecule is CC(CCCNC(C)(C)C)Oc1ccccc1Br. The minimum Gasteiger partial charge on any atom is -0.490 e. The lowest BCUT2D eigenvalue weighted by Gasteiger charge is -2.21. The molecule has 0 aliphatic heterocycles. The van der Waals surface area contributed by atoms with Crippen LogP contribution < -0.4 is 10.1 Å². The molecule has 0 aromatic heterocycles. The van der Waals surface area contributed by atoms with Gasteiger partial charge in [-0.3, -0.25) is 0 Å². The molecule has 0 saturated carbocycles. The van der Waals surface area contributed by atoms with Crippen LogP contribution in [0.15, 0.2) is 28.7 Å². The highest BCUT2D eigenvalue weighted by Crippen LogP contribution is 2.25. The summed E-state index contributed by atoms with van der Waals surface area (Å²) in [5, 5.41) is 3.49. The minimum absolute atomic E-state index is 0.201. The standard InChI is InChI=1S/C15H24BrNO/c1-12(8-7-11-17-15(2,3)4)18-14-10-6-5-9-13(14)16/h5-6,9-10,12,17H,7-8,11H2,1-4H3. The van der Waals surface area contributed by atoms with E-state index in [1.807, 2.05) is 24.3 Å². The largest absolute Gasteiger partial charge is 0.490 e. The van der Waals surface area contributed by atoms with E-state index in [4.69, 9.17) is 4.74 Å². The van der Waals surface area contributed by atoms with Crippen molar-refractivity contribution in [2.75, 3.05) is 6.54 Å². The molecule has 2 nitrogen and oxygen atoms in total. The smallest absolute Gasteiger partial charge is 0.133 e. The van der Waals surface area contributed by atoms with Gasteiger partial charge in [-0.1, -0.05) is 12.1 Å². The van der Waals surface area contributed by atoms with Crippen molar-refractivity contribution in [3.8, 4) is 5.75 Å². The molecule has 0 aliphatic carbocycles. The zero-order valence-corrected chi connectivity index (χ0v) is 13.4. The number of rotatable bonds is 6. The zero-order chi connectivity index (χ0) is 13.6. The minimum atomic E-state index is 0.201. The molecule has 18 heavy (non-hydrogen) atoms. The normalized spacial score (nSPS) is 13.4. The van der Waals surface area contributed by atoms with Crippen molar-refractivity contribution in [3.63, 3.8) is 0 Å². The highest BCUT2D eigenvalue weighted by molar-refractivity contribution is 9.10. The molecule has 1 rings (SSSR count). The van der Waals surface area contributed by atoms with E-state index < -0.39 is 0 Å². The van der Waals surface area contributed by atoms with Gasteiger partial charge in [0.1, 0.15) is 5.75 Å². The Morgan fingerprint density at radius 3 is 2.56 bits per heavy atom. The molecule has 0 aliphatic rings. The lowest BCUT2D eigenvalue weighted by atomic mass is 10.1. The van der Waals surface area contributed by atoms with E-state index in [2.05, 4.69) is 48.9 Å². The van der Waals surface area contributed by atoms with Gasteiger partial charge in [-0.25, -0.2) is 0 Å². The Labute approximate surface area is 119 Å². The van der Waals surface area contributed by atoms with Crippen LogP contribution in [0.1, 0.15) is 40.5 Å². The fraction of sp³-hybridized carbons (Fsp3) is 0.600. The third-order valence-electron chi connectivity index (χ3n) is 2.61.